The molecule has 0 amide bonds. The molecule has 5 aromatic rings. The number of aromatic amines is 1. The fraction of sp³-hybridized carbons (Fsp3) is 0.0714. The second-order valence-corrected chi connectivity index (χ2v) is 7.82. The lowest BCUT2D eigenvalue weighted by atomic mass is 10.0. The maximum absolute atomic E-state index is 9.45. The molecular formula is C28H22N4O. The predicted octanol–water partition coefficient (Wildman–Crippen LogP) is 6.76. The van der Waals surface area contributed by atoms with E-state index in [1.807, 2.05) is 54.7 Å². The Morgan fingerprint density at radius 1 is 0.818 bits per heavy atom. The molecule has 2 N–H and O–H groups in total. The monoisotopic (exact) mass is 430 g/mol. The number of benzene rings is 3. The molecule has 5 nitrogen and oxygen atoms in total. The van der Waals surface area contributed by atoms with Crippen molar-refractivity contribution in [1.29, 1.82) is 5.26 Å². The van der Waals surface area contributed by atoms with Gasteiger partial charge in [0.1, 0.15) is 29.1 Å². The number of ether oxygens (including phenoxy) is 1. The van der Waals surface area contributed by atoms with Gasteiger partial charge in [-0.3, -0.25) is 0 Å². The Morgan fingerprint density at radius 3 is 2.55 bits per heavy atom. The first-order chi connectivity index (χ1) is 16.2. The number of hydrogen-bond donors (Lipinski definition) is 2. The van der Waals surface area contributed by atoms with Gasteiger partial charge in [0.2, 0.25) is 0 Å². The number of pyridine rings is 1. The zero-order valence-electron chi connectivity index (χ0n) is 18.0. The van der Waals surface area contributed by atoms with Crippen molar-refractivity contribution in [1.82, 2.24) is 9.97 Å². The lowest BCUT2D eigenvalue weighted by Gasteiger charge is -2.11. The van der Waals surface area contributed by atoms with Crippen LogP contribution in [0.4, 0.5) is 11.5 Å². The van der Waals surface area contributed by atoms with Crippen molar-refractivity contribution in [3.63, 3.8) is 0 Å². The summed E-state index contributed by atoms with van der Waals surface area (Å²) in [5.74, 6) is 1.84. The zero-order valence-corrected chi connectivity index (χ0v) is 18.0. The average molecular weight is 431 g/mol. The van der Waals surface area contributed by atoms with E-state index in [-0.39, 0.29) is 5.69 Å². The number of aromatic nitrogens is 2. The molecule has 5 heteroatoms. The van der Waals surface area contributed by atoms with Crippen molar-refractivity contribution in [3.8, 4) is 17.6 Å². The normalized spacial score (nSPS) is 10.6. The summed E-state index contributed by atoms with van der Waals surface area (Å²) >= 11 is 0. The smallest absolute Gasteiger partial charge is 0.146 e. The molecule has 3 aromatic carbocycles. The summed E-state index contributed by atoms with van der Waals surface area (Å²) in [6, 6.07) is 32.1. The molecular weight excluding hydrogens is 408 g/mol. The summed E-state index contributed by atoms with van der Waals surface area (Å²) in [5.41, 5.74) is 4.70. The number of rotatable bonds is 7. The minimum atomic E-state index is 0.288. The fourth-order valence-corrected chi connectivity index (χ4v) is 3.79. The third-order valence-corrected chi connectivity index (χ3v) is 5.42. The Labute approximate surface area is 192 Å². The maximum Gasteiger partial charge on any atom is 0.146 e. The fourth-order valence-electron chi connectivity index (χ4n) is 3.79. The molecule has 0 fully saturated rings. The van der Waals surface area contributed by atoms with Crippen LogP contribution in [0.3, 0.4) is 0 Å². The Kier molecular flexibility index (Phi) is 5.73. The zero-order chi connectivity index (χ0) is 22.5. The van der Waals surface area contributed by atoms with Gasteiger partial charge in [0.15, 0.2) is 0 Å². The summed E-state index contributed by atoms with van der Waals surface area (Å²) in [6.07, 6.45) is 3.80. The van der Waals surface area contributed by atoms with E-state index in [1.165, 1.54) is 11.1 Å². The third kappa shape index (κ3) is 5.03. The highest BCUT2D eigenvalue weighted by Gasteiger charge is 2.07. The van der Waals surface area contributed by atoms with Crippen LogP contribution in [0.5, 0.6) is 11.5 Å². The van der Waals surface area contributed by atoms with E-state index in [2.05, 4.69) is 51.7 Å². The molecule has 0 saturated heterocycles. The Bertz CT molecular complexity index is 1430. The van der Waals surface area contributed by atoms with E-state index < -0.39 is 0 Å². The summed E-state index contributed by atoms with van der Waals surface area (Å²) in [6.45, 7) is 0. The van der Waals surface area contributed by atoms with Gasteiger partial charge in [-0.2, -0.15) is 5.26 Å². The van der Waals surface area contributed by atoms with Crippen molar-refractivity contribution in [2.75, 3.05) is 5.32 Å². The highest BCUT2D eigenvalue weighted by atomic mass is 16.5. The van der Waals surface area contributed by atoms with E-state index in [0.717, 1.165) is 35.2 Å². The maximum atomic E-state index is 9.45. The van der Waals surface area contributed by atoms with E-state index in [0.29, 0.717) is 11.6 Å². The van der Waals surface area contributed by atoms with Crippen LogP contribution in [-0.4, -0.2) is 9.97 Å². The number of aryl methyl sites for hydroxylation is 2. The summed E-state index contributed by atoms with van der Waals surface area (Å²) in [5, 5.41) is 13.9. The Morgan fingerprint density at radius 2 is 1.67 bits per heavy atom. The SMILES string of the molecule is N#Cc1cc(Oc2cccc(CCc3ccccc3)c2)cc(Nc2ccc3cc[nH]c3c2)n1. The molecule has 2 aromatic heterocycles. The van der Waals surface area contributed by atoms with Gasteiger partial charge in [0.05, 0.1) is 0 Å². The molecule has 0 aliphatic rings. The molecule has 0 aliphatic carbocycles. The highest BCUT2D eigenvalue weighted by Crippen LogP contribution is 2.28. The van der Waals surface area contributed by atoms with Crippen molar-refractivity contribution in [3.05, 3.63) is 114 Å². The van der Waals surface area contributed by atoms with Crippen LogP contribution in [0.15, 0.2) is 97.2 Å². The number of anilines is 2. The number of nitrogens with zero attached hydrogens (tertiary/aromatic N) is 2. The van der Waals surface area contributed by atoms with Crippen molar-refractivity contribution in [2.45, 2.75) is 12.8 Å². The second-order valence-electron chi connectivity index (χ2n) is 7.82. The second kappa shape index (κ2) is 9.29. The van der Waals surface area contributed by atoms with E-state index in [4.69, 9.17) is 4.74 Å². The van der Waals surface area contributed by atoms with E-state index in [1.54, 1.807) is 12.1 Å². The lowest BCUT2D eigenvalue weighted by Crippen LogP contribution is -1.97. The standard InChI is InChI=1S/C28H22N4O/c29-19-24-16-26(18-28(32-24)31-23-12-11-22-13-14-30-27(22)17-23)33-25-8-4-7-21(15-25)10-9-20-5-2-1-3-6-20/h1-8,11-18,30H,9-10H2,(H,31,32). The predicted molar refractivity (Wildman–Crippen MR) is 131 cm³/mol. The molecule has 160 valence electrons. The molecule has 0 saturated carbocycles. The van der Waals surface area contributed by atoms with Gasteiger partial charge in [-0.05, 0) is 59.7 Å². The van der Waals surface area contributed by atoms with Gasteiger partial charge in [-0.1, -0.05) is 48.5 Å². The minimum absolute atomic E-state index is 0.288. The van der Waals surface area contributed by atoms with Crippen molar-refractivity contribution >= 4 is 22.4 Å². The van der Waals surface area contributed by atoms with Gasteiger partial charge in [0.25, 0.3) is 0 Å². The first kappa shape index (κ1) is 20.3. The molecule has 0 atom stereocenters. The first-order valence-corrected chi connectivity index (χ1v) is 10.8. The molecule has 33 heavy (non-hydrogen) atoms. The molecule has 0 spiro atoms. The van der Waals surface area contributed by atoms with Gasteiger partial charge < -0.3 is 15.0 Å². The van der Waals surface area contributed by atoms with Crippen LogP contribution in [0.1, 0.15) is 16.8 Å². The van der Waals surface area contributed by atoms with Gasteiger partial charge in [-0.15, -0.1) is 0 Å². The van der Waals surface area contributed by atoms with E-state index in [9.17, 15) is 5.26 Å². The number of H-pyrrole nitrogens is 1. The van der Waals surface area contributed by atoms with Gasteiger partial charge in [0, 0.05) is 29.5 Å². The van der Waals surface area contributed by atoms with Crippen LogP contribution in [-0.2, 0) is 12.8 Å². The Hall–Kier alpha value is -4.56. The topological polar surface area (TPSA) is 73.7 Å². The quantitative estimate of drug-likeness (QED) is 0.299. The largest absolute Gasteiger partial charge is 0.457 e. The number of fused-ring (bicyclic) bond motifs is 1. The minimum Gasteiger partial charge on any atom is -0.457 e. The molecule has 0 unspecified atom stereocenters. The van der Waals surface area contributed by atoms with Crippen LogP contribution in [0.2, 0.25) is 0 Å². The van der Waals surface area contributed by atoms with Gasteiger partial charge >= 0.3 is 0 Å². The molecule has 5 rings (SSSR count). The number of nitrogens with one attached hydrogen (secondary N) is 2. The van der Waals surface area contributed by atoms with Crippen molar-refractivity contribution < 1.29 is 4.74 Å². The summed E-state index contributed by atoms with van der Waals surface area (Å²) in [7, 11) is 0. The van der Waals surface area contributed by atoms with Crippen LogP contribution in [0.25, 0.3) is 10.9 Å². The highest BCUT2D eigenvalue weighted by molar-refractivity contribution is 5.83. The first-order valence-electron chi connectivity index (χ1n) is 10.8. The lowest BCUT2D eigenvalue weighted by molar-refractivity contribution is 0.481. The number of nitriles is 1. The molecule has 0 bridgehead atoms. The van der Waals surface area contributed by atoms with Gasteiger partial charge in [-0.25, -0.2) is 4.98 Å². The molecule has 2 heterocycles. The van der Waals surface area contributed by atoms with Crippen molar-refractivity contribution in [2.24, 2.45) is 0 Å². The number of hydrogen-bond acceptors (Lipinski definition) is 4. The van der Waals surface area contributed by atoms with Crippen LogP contribution >= 0.6 is 0 Å². The summed E-state index contributed by atoms with van der Waals surface area (Å²) < 4.78 is 6.11. The molecule has 0 radical (unpaired) electrons. The van der Waals surface area contributed by atoms with Crippen LogP contribution < -0.4 is 10.1 Å². The summed E-state index contributed by atoms with van der Waals surface area (Å²) in [4.78, 5) is 7.58. The van der Waals surface area contributed by atoms with E-state index >= 15 is 0 Å². The average Bonchev–Trinajstić information content (AvgIpc) is 3.31. The molecule has 0 aliphatic heterocycles. The third-order valence-electron chi connectivity index (χ3n) is 5.42. The van der Waals surface area contributed by atoms with Crippen LogP contribution in [0, 0.1) is 11.3 Å². The Balaban J connectivity index is 1.33.